The number of ketones is 1. The van der Waals surface area contributed by atoms with Crippen LogP contribution < -0.4 is 0 Å². The molecule has 0 unspecified atom stereocenters. The molecule has 0 saturated heterocycles. The van der Waals surface area contributed by atoms with Crippen molar-refractivity contribution in [2.24, 2.45) is 0 Å². The van der Waals surface area contributed by atoms with E-state index in [4.69, 9.17) is 0 Å². The van der Waals surface area contributed by atoms with Crippen molar-refractivity contribution in [2.45, 2.75) is 13.3 Å². The molecule has 6 nitrogen and oxygen atoms in total. The third-order valence-electron chi connectivity index (χ3n) is 2.56. The first-order valence-electron chi connectivity index (χ1n) is 5.46. The summed E-state index contributed by atoms with van der Waals surface area (Å²) in [5.74, 6) is -0.0263. The van der Waals surface area contributed by atoms with E-state index in [1.807, 2.05) is 0 Å². The summed E-state index contributed by atoms with van der Waals surface area (Å²) in [5, 5.41) is 10.8. The Morgan fingerprint density at radius 1 is 1.47 bits per heavy atom. The summed E-state index contributed by atoms with van der Waals surface area (Å²) < 4.78 is 0.662. The Bertz CT molecular complexity index is 651. The molecule has 2 rings (SSSR count). The number of hydrogen-bond donors (Lipinski definition) is 1. The van der Waals surface area contributed by atoms with Crippen molar-refractivity contribution in [1.29, 1.82) is 0 Å². The number of Topliss-reactive ketones (excluding diaryl/α,β-unsaturated/α-hetero) is 1. The number of carbonyl (C=O) groups excluding carboxylic acids is 1. The number of nitrogens with zero attached hydrogens (tertiary/aromatic N) is 2. The maximum absolute atomic E-state index is 12.1. The van der Waals surface area contributed by atoms with Crippen LogP contribution in [0.2, 0.25) is 0 Å². The number of nitro groups is 1. The van der Waals surface area contributed by atoms with Gasteiger partial charge in [-0.15, -0.1) is 0 Å². The zero-order valence-corrected chi connectivity index (χ0v) is 11.6. The monoisotopic (exact) mass is 323 g/mol. The molecule has 0 saturated carbocycles. The maximum atomic E-state index is 12.1. The lowest BCUT2D eigenvalue weighted by molar-refractivity contribution is -0.390. The summed E-state index contributed by atoms with van der Waals surface area (Å²) in [6.45, 7) is 1.61. The lowest BCUT2D eigenvalue weighted by atomic mass is 10.1. The number of imidazole rings is 1. The van der Waals surface area contributed by atoms with Crippen molar-refractivity contribution < 1.29 is 9.72 Å². The van der Waals surface area contributed by atoms with Crippen LogP contribution in [0, 0.1) is 17.0 Å². The Labute approximate surface area is 117 Å². The highest BCUT2D eigenvalue weighted by Crippen LogP contribution is 2.21. The number of nitrogens with one attached hydrogen (secondary N) is 1. The average molecular weight is 324 g/mol. The van der Waals surface area contributed by atoms with Crippen molar-refractivity contribution in [1.82, 2.24) is 9.97 Å². The molecule has 7 heteroatoms. The first-order valence-corrected chi connectivity index (χ1v) is 6.26. The van der Waals surface area contributed by atoms with Crippen LogP contribution in [0.1, 0.15) is 21.9 Å². The summed E-state index contributed by atoms with van der Waals surface area (Å²) in [6.07, 6.45) is -0.108. The van der Waals surface area contributed by atoms with Crippen molar-refractivity contribution in [2.75, 3.05) is 0 Å². The second kappa shape index (κ2) is 5.31. The van der Waals surface area contributed by atoms with Gasteiger partial charge in [-0.2, -0.15) is 0 Å². The van der Waals surface area contributed by atoms with Gasteiger partial charge in [0.2, 0.25) is 0 Å². The Morgan fingerprint density at radius 3 is 2.79 bits per heavy atom. The predicted molar refractivity (Wildman–Crippen MR) is 72.2 cm³/mol. The van der Waals surface area contributed by atoms with Crippen LogP contribution in [0.5, 0.6) is 0 Å². The van der Waals surface area contributed by atoms with Gasteiger partial charge >= 0.3 is 5.82 Å². The van der Waals surface area contributed by atoms with Gasteiger partial charge in [0.15, 0.2) is 11.6 Å². The Balaban J connectivity index is 2.29. The fourth-order valence-corrected chi connectivity index (χ4v) is 2.24. The van der Waals surface area contributed by atoms with Gasteiger partial charge < -0.3 is 10.1 Å². The second-order valence-electron chi connectivity index (χ2n) is 3.95. The second-order valence-corrected chi connectivity index (χ2v) is 4.81. The quantitative estimate of drug-likeness (QED) is 0.532. The number of benzene rings is 1. The molecule has 1 N–H and O–H groups in total. The van der Waals surface area contributed by atoms with Gasteiger partial charge in [-0.1, -0.05) is 34.1 Å². The third-order valence-corrected chi connectivity index (χ3v) is 3.25. The minimum absolute atomic E-state index is 0.108. The van der Waals surface area contributed by atoms with Gasteiger partial charge in [-0.3, -0.25) is 4.79 Å². The summed E-state index contributed by atoms with van der Waals surface area (Å²) in [5.41, 5.74) is 0.640. The fourth-order valence-electron chi connectivity index (χ4n) is 1.74. The lowest BCUT2D eigenvalue weighted by Crippen LogP contribution is -2.06. The highest BCUT2D eigenvalue weighted by Gasteiger charge is 2.21. The lowest BCUT2D eigenvalue weighted by Gasteiger charge is -2.01. The molecular formula is C12H10BrN3O3. The molecule has 0 atom stereocenters. The number of aromatic nitrogens is 2. The molecule has 0 aliphatic rings. The molecule has 0 fully saturated rings. The van der Waals surface area contributed by atoms with Crippen LogP contribution in [0.25, 0.3) is 0 Å². The van der Waals surface area contributed by atoms with Gasteiger partial charge in [-0.05, 0) is 11.0 Å². The summed E-state index contributed by atoms with van der Waals surface area (Å²) >= 11 is 3.28. The molecule has 1 aromatic carbocycles. The highest BCUT2D eigenvalue weighted by atomic mass is 79.9. The topological polar surface area (TPSA) is 88.9 Å². The van der Waals surface area contributed by atoms with Crippen molar-refractivity contribution >= 4 is 27.5 Å². The van der Waals surface area contributed by atoms with E-state index >= 15 is 0 Å². The third kappa shape index (κ3) is 2.87. The minimum Gasteiger partial charge on any atom is -0.358 e. The maximum Gasteiger partial charge on any atom is 0.344 e. The number of halogens is 1. The number of aryl methyl sites for hydroxylation is 1. The molecule has 0 radical (unpaired) electrons. The smallest absolute Gasteiger partial charge is 0.344 e. The molecule has 0 bridgehead atoms. The predicted octanol–water partition coefficient (Wildman–Crippen LogP) is 2.81. The zero-order chi connectivity index (χ0) is 14.0. The van der Waals surface area contributed by atoms with Crippen LogP contribution in [-0.4, -0.2) is 20.7 Å². The molecule has 19 heavy (non-hydrogen) atoms. The van der Waals surface area contributed by atoms with Crippen LogP contribution in [0.15, 0.2) is 28.7 Å². The fraction of sp³-hybridized carbons (Fsp3) is 0.167. The Morgan fingerprint density at radius 2 is 2.16 bits per heavy atom. The van der Waals surface area contributed by atoms with Crippen LogP contribution in [-0.2, 0) is 6.42 Å². The van der Waals surface area contributed by atoms with Gasteiger partial charge in [0, 0.05) is 17.0 Å². The number of H-pyrrole nitrogens is 1. The van der Waals surface area contributed by atoms with Crippen molar-refractivity contribution in [3.8, 4) is 0 Å². The van der Waals surface area contributed by atoms with E-state index in [1.54, 1.807) is 31.2 Å². The normalized spacial score (nSPS) is 10.4. The molecule has 0 aliphatic carbocycles. The minimum atomic E-state index is -0.567. The number of aromatic amines is 1. The van der Waals surface area contributed by atoms with Gasteiger partial charge in [-0.25, -0.2) is 9.97 Å². The van der Waals surface area contributed by atoms with E-state index in [-0.39, 0.29) is 23.7 Å². The Kier molecular flexibility index (Phi) is 3.75. The first-order chi connectivity index (χ1) is 8.99. The van der Waals surface area contributed by atoms with Crippen LogP contribution >= 0.6 is 15.9 Å². The van der Waals surface area contributed by atoms with Gasteiger partial charge in [0.25, 0.3) is 0 Å². The summed E-state index contributed by atoms with van der Waals surface area (Å²) in [4.78, 5) is 28.9. The molecule has 0 amide bonds. The van der Waals surface area contributed by atoms with E-state index in [0.29, 0.717) is 15.9 Å². The van der Waals surface area contributed by atoms with E-state index in [9.17, 15) is 14.9 Å². The molecule has 98 valence electrons. The van der Waals surface area contributed by atoms with E-state index in [2.05, 4.69) is 25.9 Å². The van der Waals surface area contributed by atoms with Gasteiger partial charge in [0.1, 0.15) is 5.69 Å². The number of rotatable bonds is 4. The summed E-state index contributed by atoms with van der Waals surface area (Å²) in [6, 6.07) is 6.94. The van der Waals surface area contributed by atoms with E-state index in [0.717, 1.165) is 0 Å². The Hall–Kier alpha value is -2.02. The SMILES string of the molecule is Cc1nc(CC(=O)c2ccccc2Br)c([N+](=O)[O-])[nH]1. The molecule has 1 aromatic heterocycles. The van der Waals surface area contributed by atoms with E-state index < -0.39 is 4.92 Å². The standard InChI is InChI=1S/C12H10BrN3O3/c1-7-14-10(12(15-7)16(18)19)6-11(17)8-4-2-3-5-9(8)13/h2-5H,6H2,1H3,(H,14,15). The average Bonchev–Trinajstić information content (AvgIpc) is 2.70. The molecular weight excluding hydrogens is 314 g/mol. The van der Waals surface area contributed by atoms with Crippen molar-refractivity contribution in [3.05, 3.63) is 55.9 Å². The first kappa shape index (κ1) is 13.4. The van der Waals surface area contributed by atoms with Crippen molar-refractivity contribution in [3.63, 3.8) is 0 Å². The molecule has 0 spiro atoms. The number of carbonyl (C=O) groups is 1. The van der Waals surface area contributed by atoms with Crippen LogP contribution in [0.3, 0.4) is 0 Å². The largest absolute Gasteiger partial charge is 0.358 e. The number of hydrogen-bond acceptors (Lipinski definition) is 4. The zero-order valence-electron chi connectivity index (χ0n) is 10.0. The van der Waals surface area contributed by atoms with Crippen LogP contribution in [0.4, 0.5) is 5.82 Å². The molecule has 2 aromatic rings. The van der Waals surface area contributed by atoms with Gasteiger partial charge in [0.05, 0.1) is 6.42 Å². The molecule has 0 aliphatic heterocycles. The summed E-state index contributed by atoms with van der Waals surface area (Å²) in [7, 11) is 0. The van der Waals surface area contributed by atoms with E-state index in [1.165, 1.54) is 0 Å². The molecule has 1 heterocycles. The highest BCUT2D eigenvalue weighted by molar-refractivity contribution is 9.10.